The summed E-state index contributed by atoms with van der Waals surface area (Å²) in [6.07, 6.45) is 0.924. The Balaban J connectivity index is 2.19. The smallest absolute Gasteiger partial charge is 0.217 e. The van der Waals surface area contributed by atoms with Gasteiger partial charge in [-0.05, 0) is 20.3 Å². The van der Waals surface area contributed by atoms with E-state index in [1.165, 1.54) is 0 Å². The molecular formula is C12H20N6O. The Kier molecular flexibility index (Phi) is 3.84. The number of carbonyl (C=O) groups excluding carboxylic acids is 1. The molecule has 1 amide bonds. The lowest BCUT2D eigenvalue weighted by Crippen LogP contribution is -2.36. The molecule has 2 rings (SSSR count). The van der Waals surface area contributed by atoms with Gasteiger partial charge in [-0.15, -0.1) is 0 Å². The lowest BCUT2D eigenvalue weighted by Gasteiger charge is -2.21. The van der Waals surface area contributed by atoms with Crippen LogP contribution in [0.3, 0.4) is 0 Å². The van der Waals surface area contributed by atoms with Crippen molar-refractivity contribution >= 4 is 17.5 Å². The number of nitrogens with one attached hydrogen (secondary N) is 2. The molecule has 4 N–H and O–H groups in total. The number of amides is 1. The second-order valence-corrected chi connectivity index (χ2v) is 4.84. The number of nitrogens with zero attached hydrogens (tertiary/aromatic N) is 3. The molecule has 0 saturated carbocycles. The van der Waals surface area contributed by atoms with Crippen LogP contribution in [0.1, 0.15) is 24.7 Å². The van der Waals surface area contributed by atoms with Crippen molar-refractivity contribution in [2.45, 2.75) is 33.2 Å². The number of aryl methyl sites for hydroxylation is 1. The van der Waals surface area contributed by atoms with E-state index in [1.54, 1.807) is 6.92 Å². The van der Waals surface area contributed by atoms with Gasteiger partial charge in [0.15, 0.2) is 0 Å². The lowest BCUT2D eigenvalue weighted by atomic mass is 10.2. The second-order valence-electron chi connectivity index (χ2n) is 4.84. The van der Waals surface area contributed by atoms with Crippen molar-refractivity contribution in [1.29, 1.82) is 0 Å². The number of nitrogen functional groups attached to an aromatic ring is 1. The fourth-order valence-electron chi connectivity index (χ4n) is 2.42. The molecule has 2 heterocycles. The van der Waals surface area contributed by atoms with Crippen molar-refractivity contribution in [3.8, 4) is 0 Å². The molecule has 0 aliphatic carbocycles. The molecule has 1 fully saturated rings. The van der Waals surface area contributed by atoms with E-state index in [1.807, 2.05) is 13.8 Å². The Morgan fingerprint density at radius 1 is 1.42 bits per heavy atom. The Labute approximate surface area is 112 Å². The van der Waals surface area contributed by atoms with E-state index in [0.29, 0.717) is 11.6 Å². The molecule has 0 aromatic carbocycles. The fourth-order valence-corrected chi connectivity index (χ4v) is 2.42. The first-order valence-corrected chi connectivity index (χ1v) is 6.35. The molecular weight excluding hydrogens is 244 g/mol. The molecule has 19 heavy (non-hydrogen) atoms. The summed E-state index contributed by atoms with van der Waals surface area (Å²) in [4.78, 5) is 22.0. The highest BCUT2D eigenvalue weighted by molar-refractivity contribution is 5.73. The van der Waals surface area contributed by atoms with Gasteiger partial charge in [-0.2, -0.15) is 0 Å². The monoisotopic (exact) mass is 264 g/mol. The molecule has 1 aromatic rings. The minimum Gasteiger partial charge on any atom is -0.354 e. The molecule has 0 radical (unpaired) electrons. The first kappa shape index (κ1) is 13.5. The van der Waals surface area contributed by atoms with Gasteiger partial charge >= 0.3 is 0 Å². The highest BCUT2D eigenvalue weighted by Crippen LogP contribution is 2.26. The third-order valence-corrected chi connectivity index (χ3v) is 3.26. The maximum atomic E-state index is 11.1. The minimum atomic E-state index is 0.00625. The van der Waals surface area contributed by atoms with Gasteiger partial charge in [0, 0.05) is 31.6 Å². The van der Waals surface area contributed by atoms with Crippen LogP contribution in [0.4, 0.5) is 11.6 Å². The van der Waals surface area contributed by atoms with E-state index in [9.17, 15) is 4.79 Å². The SMILES string of the molecule is CC(=O)NC1CCN(c2nc(C)nc(NN)c2C)C1. The van der Waals surface area contributed by atoms with Crippen LogP contribution in [-0.2, 0) is 4.79 Å². The zero-order chi connectivity index (χ0) is 14.0. The van der Waals surface area contributed by atoms with Crippen molar-refractivity contribution in [3.05, 3.63) is 11.4 Å². The number of hydrazine groups is 1. The first-order valence-electron chi connectivity index (χ1n) is 6.35. The van der Waals surface area contributed by atoms with E-state index >= 15 is 0 Å². The van der Waals surface area contributed by atoms with E-state index in [0.717, 1.165) is 30.9 Å². The van der Waals surface area contributed by atoms with Crippen molar-refractivity contribution in [3.63, 3.8) is 0 Å². The van der Waals surface area contributed by atoms with E-state index < -0.39 is 0 Å². The normalized spacial score (nSPS) is 18.5. The van der Waals surface area contributed by atoms with Crippen LogP contribution < -0.4 is 21.5 Å². The summed E-state index contributed by atoms with van der Waals surface area (Å²) in [6.45, 7) is 6.95. The van der Waals surface area contributed by atoms with Gasteiger partial charge in [-0.1, -0.05) is 0 Å². The highest BCUT2D eigenvalue weighted by atomic mass is 16.1. The molecule has 1 aliphatic heterocycles. The number of rotatable bonds is 3. The molecule has 0 spiro atoms. The second kappa shape index (κ2) is 5.40. The largest absolute Gasteiger partial charge is 0.354 e. The van der Waals surface area contributed by atoms with Gasteiger partial charge in [0.25, 0.3) is 0 Å². The Morgan fingerprint density at radius 2 is 2.16 bits per heavy atom. The van der Waals surface area contributed by atoms with Gasteiger partial charge in [0.1, 0.15) is 17.5 Å². The molecule has 104 valence electrons. The number of aromatic nitrogens is 2. The van der Waals surface area contributed by atoms with Crippen LogP contribution >= 0.6 is 0 Å². The summed E-state index contributed by atoms with van der Waals surface area (Å²) in [5.41, 5.74) is 3.52. The molecule has 1 aliphatic rings. The van der Waals surface area contributed by atoms with Gasteiger partial charge in [-0.3, -0.25) is 4.79 Å². The molecule has 1 unspecified atom stereocenters. The molecule has 7 heteroatoms. The van der Waals surface area contributed by atoms with Crippen molar-refractivity contribution in [2.75, 3.05) is 23.4 Å². The predicted molar refractivity (Wildman–Crippen MR) is 73.8 cm³/mol. The maximum Gasteiger partial charge on any atom is 0.217 e. The molecule has 1 saturated heterocycles. The van der Waals surface area contributed by atoms with Crippen molar-refractivity contribution < 1.29 is 4.79 Å². The van der Waals surface area contributed by atoms with Crippen LogP contribution in [0, 0.1) is 13.8 Å². The fraction of sp³-hybridized carbons (Fsp3) is 0.583. The van der Waals surface area contributed by atoms with Crippen LogP contribution in [0.15, 0.2) is 0 Å². The number of anilines is 2. The van der Waals surface area contributed by atoms with Crippen LogP contribution in [0.2, 0.25) is 0 Å². The van der Waals surface area contributed by atoms with Gasteiger partial charge in [0.2, 0.25) is 5.91 Å². The number of nitrogens with two attached hydrogens (primary N) is 1. The van der Waals surface area contributed by atoms with E-state index in [4.69, 9.17) is 5.84 Å². The molecule has 7 nitrogen and oxygen atoms in total. The van der Waals surface area contributed by atoms with E-state index in [2.05, 4.69) is 25.6 Å². The molecule has 1 atom stereocenters. The molecule has 0 bridgehead atoms. The van der Waals surface area contributed by atoms with Gasteiger partial charge < -0.3 is 15.6 Å². The van der Waals surface area contributed by atoms with Gasteiger partial charge in [-0.25, -0.2) is 15.8 Å². The topological polar surface area (TPSA) is 96.2 Å². The average Bonchev–Trinajstić information content (AvgIpc) is 2.79. The summed E-state index contributed by atoms with van der Waals surface area (Å²) in [7, 11) is 0. The number of hydrogen-bond acceptors (Lipinski definition) is 6. The zero-order valence-electron chi connectivity index (χ0n) is 11.5. The Hall–Kier alpha value is -1.89. The minimum absolute atomic E-state index is 0.00625. The summed E-state index contributed by atoms with van der Waals surface area (Å²) in [6, 6.07) is 0.182. The molecule has 1 aromatic heterocycles. The van der Waals surface area contributed by atoms with Crippen molar-refractivity contribution in [2.24, 2.45) is 5.84 Å². The van der Waals surface area contributed by atoms with Crippen molar-refractivity contribution in [1.82, 2.24) is 15.3 Å². The Morgan fingerprint density at radius 3 is 2.79 bits per heavy atom. The maximum absolute atomic E-state index is 11.1. The number of carbonyl (C=O) groups is 1. The third-order valence-electron chi connectivity index (χ3n) is 3.26. The third kappa shape index (κ3) is 2.93. The van der Waals surface area contributed by atoms with E-state index in [-0.39, 0.29) is 11.9 Å². The quantitative estimate of drug-likeness (QED) is 0.529. The van der Waals surface area contributed by atoms with Gasteiger partial charge in [0.05, 0.1) is 0 Å². The summed E-state index contributed by atoms with van der Waals surface area (Å²) < 4.78 is 0. The standard InChI is InChI=1S/C12H20N6O/c1-7-11(17-13)14-8(2)15-12(7)18-5-4-10(6-18)16-9(3)19/h10H,4-6,13H2,1-3H3,(H,16,19)(H,14,15,17). The average molecular weight is 264 g/mol. The zero-order valence-corrected chi connectivity index (χ0v) is 11.5. The first-order chi connectivity index (χ1) is 9.01. The summed E-state index contributed by atoms with van der Waals surface area (Å²) in [5, 5.41) is 2.94. The highest BCUT2D eigenvalue weighted by Gasteiger charge is 2.26. The number of hydrogen-bond donors (Lipinski definition) is 3. The summed E-state index contributed by atoms with van der Waals surface area (Å²) in [5.74, 6) is 7.67. The van der Waals surface area contributed by atoms with Crippen LogP contribution in [0.25, 0.3) is 0 Å². The van der Waals surface area contributed by atoms with Crippen LogP contribution in [-0.4, -0.2) is 35.0 Å². The Bertz CT molecular complexity index is 489. The predicted octanol–water partition coefficient (Wildman–Crippen LogP) is 0.0938. The summed E-state index contributed by atoms with van der Waals surface area (Å²) >= 11 is 0. The lowest BCUT2D eigenvalue weighted by molar-refractivity contribution is -0.119. The van der Waals surface area contributed by atoms with Crippen LogP contribution in [0.5, 0.6) is 0 Å².